The summed E-state index contributed by atoms with van der Waals surface area (Å²) in [7, 11) is 1.53. The molecule has 0 spiro atoms. The fraction of sp³-hybridized carbons (Fsp3) is 0.300. The molecule has 0 aliphatic rings. The summed E-state index contributed by atoms with van der Waals surface area (Å²) in [5.41, 5.74) is 1.47. The highest BCUT2D eigenvalue weighted by Gasteiger charge is 2.21. The number of Topliss-reactive ketones (excluding diaryl/α,β-unsaturated/α-hetero) is 1. The van der Waals surface area contributed by atoms with Crippen LogP contribution in [0.5, 0.6) is 11.5 Å². The van der Waals surface area contributed by atoms with Gasteiger partial charge in [-0.1, -0.05) is 31.5 Å². The van der Waals surface area contributed by atoms with E-state index in [0.717, 1.165) is 6.42 Å². The number of esters is 1. The van der Waals surface area contributed by atoms with Gasteiger partial charge in [0, 0.05) is 12.7 Å². The van der Waals surface area contributed by atoms with Gasteiger partial charge in [0.1, 0.15) is 11.5 Å². The fourth-order valence-electron chi connectivity index (χ4n) is 2.47. The minimum atomic E-state index is -0.510. The van der Waals surface area contributed by atoms with Crippen LogP contribution >= 0.6 is 0 Å². The Kier molecular flexibility index (Phi) is 6.71. The van der Waals surface area contributed by atoms with Crippen LogP contribution in [0, 0.1) is 0 Å². The van der Waals surface area contributed by atoms with Crippen molar-refractivity contribution in [1.29, 1.82) is 0 Å². The lowest BCUT2D eigenvalue weighted by atomic mass is 10.0. The summed E-state index contributed by atoms with van der Waals surface area (Å²) in [5, 5.41) is 0. The standard InChI is InChI=1S/C20H22O5/c1-4-8-17-18(24-13-23-3)12-11-16(14(2)21)19(17)25-20(22)15-9-6-5-7-10-15/h5-7,9-12H,4,8,13H2,1-3H3. The van der Waals surface area contributed by atoms with Crippen molar-refractivity contribution < 1.29 is 23.8 Å². The fourth-order valence-corrected chi connectivity index (χ4v) is 2.47. The largest absolute Gasteiger partial charge is 0.467 e. The molecule has 2 aromatic carbocycles. The summed E-state index contributed by atoms with van der Waals surface area (Å²) in [6, 6.07) is 12.0. The first-order valence-electron chi connectivity index (χ1n) is 8.14. The molecule has 0 atom stereocenters. The van der Waals surface area contributed by atoms with Gasteiger partial charge in [-0.3, -0.25) is 4.79 Å². The van der Waals surface area contributed by atoms with Gasteiger partial charge < -0.3 is 14.2 Å². The van der Waals surface area contributed by atoms with Crippen molar-refractivity contribution in [2.24, 2.45) is 0 Å². The molecule has 2 aromatic rings. The number of ether oxygens (including phenoxy) is 3. The first-order chi connectivity index (χ1) is 12.1. The minimum absolute atomic E-state index is 0.0716. The van der Waals surface area contributed by atoms with E-state index in [0.29, 0.717) is 28.9 Å². The Bertz CT molecular complexity index is 737. The molecule has 0 fully saturated rings. The molecule has 0 N–H and O–H groups in total. The first kappa shape index (κ1) is 18.7. The second kappa shape index (κ2) is 8.99. The number of ketones is 1. The Morgan fingerprint density at radius 2 is 1.76 bits per heavy atom. The van der Waals surface area contributed by atoms with Crippen LogP contribution in [0.1, 0.15) is 46.5 Å². The summed E-state index contributed by atoms with van der Waals surface area (Å²) < 4.78 is 16.1. The van der Waals surface area contributed by atoms with E-state index in [1.54, 1.807) is 36.4 Å². The average molecular weight is 342 g/mol. The smallest absolute Gasteiger partial charge is 0.343 e. The number of carbonyl (C=O) groups excluding carboxylic acids is 2. The molecule has 0 saturated carbocycles. The summed E-state index contributed by atoms with van der Waals surface area (Å²) >= 11 is 0. The van der Waals surface area contributed by atoms with Gasteiger partial charge in [0.15, 0.2) is 12.6 Å². The van der Waals surface area contributed by atoms with Gasteiger partial charge >= 0.3 is 5.97 Å². The van der Waals surface area contributed by atoms with Gasteiger partial charge in [0.2, 0.25) is 0 Å². The van der Waals surface area contributed by atoms with Gasteiger partial charge in [0.05, 0.1) is 11.1 Å². The van der Waals surface area contributed by atoms with E-state index >= 15 is 0 Å². The predicted molar refractivity (Wildman–Crippen MR) is 94.3 cm³/mol. The first-order valence-corrected chi connectivity index (χ1v) is 8.14. The molecule has 25 heavy (non-hydrogen) atoms. The molecule has 0 bridgehead atoms. The van der Waals surface area contributed by atoms with Crippen molar-refractivity contribution in [3.05, 3.63) is 59.2 Å². The molecule has 0 unspecified atom stereocenters. The topological polar surface area (TPSA) is 61.8 Å². The monoisotopic (exact) mass is 342 g/mol. The molecular formula is C20H22O5. The second-order valence-corrected chi connectivity index (χ2v) is 5.53. The van der Waals surface area contributed by atoms with E-state index in [2.05, 4.69) is 0 Å². The zero-order valence-electron chi connectivity index (χ0n) is 14.7. The van der Waals surface area contributed by atoms with Gasteiger partial charge in [-0.05, 0) is 37.6 Å². The van der Waals surface area contributed by atoms with Crippen LogP contribution < -0.4 is 9.47 Å². The van der Waals surface area contributed by atoms with Crippen LogP contribution in [0.3, 0.4) is 0 Å². The quantitative estimate of drug-likeness (QED) is 0.313. The molecule has 0 aliphatic heterocycles. The lowest BCUT2D eigenvalue weighted by Crippen LogP contribution is -2.14. The second-order valence-electron chi connectivity index (χ2n) is 5.53. The van der Waals surface area contributed by atoms with E-state index in [-0.39, 0.29) is 18.3 Å². The molecular weight excluding hydrogens is 320 g/mol. The van der Waals surface area contributed by atoms with Crippen molar-refractivity contribution in [2.75, 3.05) is 13.9 Å². The van der Waals surface area contributed by atoms with E-state index in [4.69, 9.17) is 14.2 Å². The normalized spacial score (nSPS) is 10.4. The van der Waals surface area contributed by atoms with Crippen molar-refractivity contribution >= 4 is 11.8 Å². The lowest BCUT2D eigenvalue weighted by molar-refractivity contribution is 0.0500. The molecule has 5 nitrogen and oxygen atoms in total. The Morgan fingerprint density at radius 3 is 2.36 bits per heavy atom. The maximum Gasteiger partial charge on any atom is 0.343 e. The SMILES string of the molecule is CCCc1c(OCOC)ccc(C(C)=O)c1OC(=O)c1ccccc1. The van der Waals surface area contributed by atoms with Crippen LogP contribution in [0.25, 0.3) is 0 Å². The summed E-state index contributed by atoms with van der Waals surface area (Å²) in [6.07, 6.45) is 1.41. The van der Waals surface area contributed by atoms with Gasteiger partial charge in [-0.15, -0.1) is 0 Å². The maximum absolute atomic E-state index is 12.5. The molecule has 2 rings (SSSR count). The van der Waals surface area contributed by atoms with Crippen molar-refractivity contribution in [3.8, 4) is 11.5 Å². The number of hydrogen-bond acceptors (Lipinski definition) is 5. The molecule has 0 radical (unpaired) electrons. The zero-order valence-corrected chi connectivity index (χ0v) is 14.7. The predicted octanol–water partition coefficient (Wildman–Crippen LogP) is 4.04. The Morgan fingerprint density at radius 1 is 1.04 bits per heavy atom. The molecule has 0 aromatic heterocycles. The highest BCUT2D eigenvalue weighted by Crippen LogP contribution is 2.34. The van der Waals surface area contributed by atoms with Gasteiger partial charge in [0.25, 0.3) is 0 Å². The third-order valence-corrected chi connectivity index (χ3v) is 3.63. The lowest BCUT2D eigenvalue weighted by Gasteiger charge is -2.17. The Labute approximate surface area is 147 Å². The Hall–Kier alpha value is -2.66. The molecule has 132 valence electrons. The number of methoxy groups -OCH3 is 1. The van der Waals surface area contributed by atoms with Gasteiger partial charge in [-0.2, -0.15) is 0 Å². The number of rotatable bonds is 8. The molecule has 5 heteroatoms. The maximum atomic E-state index is 12.5. The zero-order chi connectivity index (χ0) is 18.2. The van der Waals surface area contributed by atoms with Crippen LogP contribution in [0.15, 0.2) is 42.5 Å². The van der Waals surface area contributed by atoms with Crippen LogP contribution in [0.2, 0.25) is 0 Å². The average Bonchev–Trinajstić information content (AvgIpc) is 2.62. The van der Waals surface area contributed by atoms with Crippen molar-refractivity contribution in [1.82, 2.24) is 0 Å². The molecule has 0 saturated heterocycles. The Balaban J connectivity index is 2.47. The molecule has 0 aliphatic carbocycles. The number of carbonyl (C=O) groups is 2. The molecule has 0 amide bonds. The highest BCUT2D eigenvalue weighted by atomic mass is 16.7. The summed E-state index contributed by atoms with van der Waals surface area (Å²) in [4.78, 5) is 24.5. The third kappa shape index (κ3) is 4.67. The molecule has 0 heterocycles. The summed E-state index contributed by atoms with van der Waals surface area (Å²) in [6.45, 7) is 3.52. The number of benzene rings is 2. The summed E-state index contributed by atoms with van der Waals surface area (Å²) in [5.74, 6) is 0.122. The highest BCUT2D eigenvalue weighted by molar-refractivity contribution is 5.99. The van der Waals surface area contributed by atoms with Gasteiger partial charge in [-0.25, -0.2) is 4.79 Å². The third-order valence-electron chi connectivity index (χ3n) is 3.63. The van der Waals surface area contributed by atoms with Crippen LogP contribution in [0.4, 0.5) is 0 Å². The van der Waals surface area contributed by atoms with Crippen LogP contribution in [-0.4, -0.2) is 25.7 Å². The van der Waals surface area contributed by atoms with Crippen molar-refractivity contribution in [3.63, 3.8) is 0 Å². The van der Waals surface area contributed by atoms with E-state index in [1.807, 2.05) is 13.0 Å². The van der Waals surface area contributed by atoms with Crippen LogP contribution in [-0.2, 0) is 11.2 Å². The number of hydrogen-bond donors (Lipinski definition) is 0. The van der Waals surface area contributed by atoms with E-state index < -0.39 is 5.97 Å². The van der Waals surface area contributed by atoms with E-state index in [1.165, 1.54) is 14.0 Å². The van der Waals surface area contributed by atoms with E-state index in [9.17, 15) is 9.59 Å². The minimum Gasteiger partial charge on any atom is -0.467 e. The van der Waals surface area contributed by atoms with Crippen molar-refractivity contribution in [2.45, 2.75) is 26.7 Å².